The molecular weight excluding hydrogens is 189 g/mol. The molecule has 0 aromatic heterocycles. The molecule has 3 fully saturated rings. The van der Waals surface area contributed by atoms with E-state index in [1.165, 1.54) is 0 Å². The lowest BCUT2D eigenvalue weighted by Gasteiger charge is -2.33. The van der Waals surface area contributed by atoms with Crippen LogP contribution < -0.4 is 0 Å². The Morgan fingerprint density at radius 3 is 3.00 bits per heavy atom. The molecule has 86 valence electrons. The van der Waals surface area contributed by atoms with Crippen LogP contribution in [-0.2, 0) is 0 Å². The first-order chi connectivity index (χ1) is 8.57. The minimum Gasteiger partial charge on any atom is -0.297 e. The van der Waals surface area contributed by atoms with Gasteiger partial charge in [-0.2, -0.15) is 0 Å². The Kier molecular flexibility index (Phi) is 1.30. The van der Waals surface area contributed by atoms with E-state index in [2.05, 4.69) is 0 Å². The molecule has 0 aromatic rings. The molecule has 3 rings (SSSR count). The molecule has 0 unspecified atom stereocenters. The molecular formula is C13H22FN. The molecule has 2 heteroatoms. The van der Waals surface area contributed by atoms with E-state index < -0.39 is 30.0 Å². The predicted octanol–water partition coefficient (Wildman–Crippen LogP) is 3.00. The fourth-order valence-corrected chi connectivity index (χ4v) is 3.41. The van der Waals surface area contributed by atoms with Crippen molar-refractivity contribution >= 4 is 0 Å². The summed E-state index contributed by atoms with van der Waals surface area (Å²) in [6.45, 7) is 2.57. The second-order valence-electron chi connectivity index (χ2n) is 5.79. The second kappa shape index (κ2) is 2.97. The third-order valence-corrected chi connectivity index (χ3v) is 4.12. The van der Waals surface area contributed by atoms with Crippen LogP contribution in [-0.4, -0.2) is 29.7 Å². The van der Waals surface area contributed by atoms with Gasteiger partial charge < -0.3 is 0 Å². The van der Waals surface area contributed by atoms with Crippen LogP contribution in [0, 0.1) is 11.3 Å². The lowest BCUT2D eigenvalue weighted by atomic mass is 9.82. The summed E-state index contributed by atoms with van der Waals surface area (Å²) in [7, 11) is 0. The van der Waals surface area contributed by atoms with Crippen molar-refractivity contribution in [2.45, 2.75) is 57.6 Å². The first-order valence-electron chi connectivity index (χ1n) is 7.99. The summed E-state index contributed by atoms with van der Waals surface area (Å²) in [6, 6.07) is 0. The van der Waals surface area contributed by atoms with Gasteiger partial charge in [-0.25, -0.2) is 4.39 Å². The first kappa shape index (κ1) is 6.58. The van der Waals surface area contributed by atoms with E-state index >= 15 is 0 Å². The van der Waals surface area contributed by atoms with Gasteiger partial charge in [0.15, 0.2) is 0 Å². The van der Waals surface area contributed by atoms with Crippen molar-refractivity contribution in [1.82, 2.24) is 4.90 Å². The maximum absolute atomic E-state index is 13.7. The van der Waals surface area contributed by atoms with Crippen molar-refractivity contribution in [3.05, 3.63) is 0 Å². The highest BCUT2D eigenvalue weighted by molar-refractivity contribution is 5.18. The highest BCUT2D eigenvalue weighted by atomic mass is 19.1. The van der Waals surface area contributed by atoms with Gasteiger partial charge in [0.1, 0.15) is 6.17 Å². The topological polar surface area (TPSA) is 3.24 Å². The molecule has 3 aliphatic rings. The normalized spacial score (nSPS) is 57.5. The molecule has 2 aliphatic heterocycles. The summed E-state index contributed by atoms with van der Waals surface area (Å²) in [5.74, 6) is -0.198. The molecule has 0 aromatic carbocycles. The van der Waals surface area contributed by atoms with Crippen LogP contribution in [0.15, 0.2) is 0 Å². The highest BCUT2D eigenvalue weighted by Gasteiger charge is 2.66. The maximum atomic E-state index is 13.7. The summed E-state index contributed by atoms with van der Waals surface area (Å²) >= 11 is 0. The number of hydrogen-bond acceptors (Lipinski definition) is 1. The van der Waals surface area contributed by atoms with Crippen LogP contribution in [0.4, 0.5) is 4.39 Å². The standard InChI is InChI=1S/C13H22FN/c1-10(2)6-13-4-3-5-15(13)9-12(8-13)7-11(12)14/h10-11H,3-9H2,1-2H3/t11-,12-,13-/m1/s1/i5D2,6D2. The van der Waals surface area contributed by atoms with Crippen LogP contribution in [0.1, 0.15) is 51.4 Å². The van der Waals surface area contributed by atoms with Crippen molar-refractivity contribution < 1.29 is 9.87 Å². The third kappa shape index (κ3) is 1.37. The quantitative estimate of drug-likeness (QED) is 0.684. The Morgan fingerprint density at radius 1 is 1.67 bits per heavy atom. The first-order valence-corrected chi connectivity index (χ1v) is 5.99. The smallest absolute Gasteiger partial charge is 0.108 e. The molecule has 15 heavy (non-hydrogen) atoms. The molecule has 1 spiro atoms. The van der Waals surface area contributed by atoms with E-state index in [0.717, 1.165) is 0 Å². The Labute approximate surface area is 97.6 Å². The zero-order valence-electron chi connectivity index (χ0n) is 13.5. The van der Waals surface area contributed by atoms with Gasteiger partial charge in [-0.05, 0) is 44.5 Å². The van der Waals surface area contributed by atoms with Crippen LogP contribution in [0.5, 0.6) is 0 Å². The second-order valence-corrected chi connectivity index (χ2v) is 5.79. The van der Waals surface area contributed by atoms with Gasteiger partial charge in [-0.15, -0.1) is 0 Å². The van der Waals surface area contributed by atoms with E-state index in [4.69, 9.17) is 5.48 Å². The average molecular weight is 215 g/mol. The van der Waals surface area contributed by atoms with Gasteiger partial charge in [0, 0.05) is 23.0 Å². The fourth-order valence-electron chi connectivity index (χ4n) is 3.41. The van der Waals surface area contributed by atoms with Crippen LogP contribution in [0.25, 0.3) is 0 Å². The lowest BCUT2D eigenvalue weighted by Crippen LogP contribution is -2.39. The molecule has 1 nitrogen and oxygen atoms in total. The van der Waals surface area contributed by atoms with Crippen LogP contribution >= 0.6 is 0 Å². The molecule has 0 N–H and O–H groups in total. The highest BCUT2D eigenvalue weighted by Crippen LogP contribution is 2.63. The summed E-state index contributed by atoms with van der Waals surface area (Å²) in [4.78, 5) is 1.67. The van der Waals surface area contributed by atoms with E-state index in [0.29, 0.717) is 32.2 Å². The average Bonchev–Trinajstić information content (AvgIpc) is 2.66. The molecule has 0 radical (unpaired) electrons. The van der Waals surface area contributed by atoms with Crippen molar-refractivity contribution in [2.24, 2.45) is 11.3 Å². The zero-order chi connectivity index (χ0) is 14.3. The molecule has 0 bridgehead atoms. The summed E-state index contributed by atoms with van der Waals surface area (Å²) in [5.41, 5.74) is -1.28. The van der Waals surface area contributed by atoms with Gasteiger partial charge in [-0.1, -0.05) is 13.8 Å². The number of nitrogens with zero attached hydrogens (tertiary/aromatic N) is 1. The number of hydrogen-bond donors (Lipinski definition) is 0. The Balaban J connectivity index is 2.03. The minimum absolute atomic E-state index is 0.198. The fraction of sp³-hybridized carbons (Fsp3) is 1.00. The number of fused-ring (bicyclic) bond motifs is 1. The number of halogens is 1. The maximum Gasteiger partial charge on any atom is 0.108 e. The Morgan fingerprint density at radius 2 is 2.40 bits per heavy atom. The van der Waals surface area contributed by atoms with Crippen molar-refractivity contribution in [1.29, 1.82) is 0 Å². The van der Waals surface area contributed by atoms with E-state index in [1.54, 1.807) is 4.90 Å². The van der Waals surface area contributed by atoms with Crippen molar-refractivity contribution in [3.63, 3.8) is 0 Å². The monoisotopic (exact) mass is 215 g/mol. The SMILES string of the molecule is [2H]C1([2H])CC[C@@]2(C([2H])([2H])C(C)C)C[C@]3(C[C@H]3F)CN12. The molecule has 2 heterocycles. The number of rotatable bonds is 2. The minimum atomic E-state index is -1.49. The van der Waals surface area contributed by atoms with Crippen molar-refractivity contribution in [2.75, 3.05) is 13.0 Å². The van der Waals surface area contributed by atoms with E-state index in [-0.39, 0.29) is 5.92 Å². The van der Waals surface area contributed by atoms with E-state index in [1.807, 2.05) is 13.8 Å². The molecule has 1 aliphatic carbocycles. The van der Waals surface area contributed by atoms with E-state index in [9.17, 15) is 4.39 Å². The summed E-state index contributed by atoms with van der Waals surface area (Å²) in [5, 5.41) is 0. The summed E-state index contributed by atoms with van der Waals surface area (Å²) in [6.07, 6.45) is -0.538. The molecule has 2 saturated heterocycles. The predicted molar refractivity (Wildman–Crippen MR) is 59.6 cm³/mol. The Hall–Kier alpha value is -0.110. The molecule has 1 saturated carbocycles. The van der Waals surface area contributed by atoms with Crippen LogP contribution in [0.3, 0.4) is 0 Å². The van der Waals surface area contributed by atoms with Gasteiger partial charge in [0.05, 0.1) is 0 Å². The molecule has 0 amide bonds. The third-order valence-electron chi connectivity index (χ3n) is 4.12. The van der Waals surface area contributed by atoms with Crippen molar-refractivity contribution in [3.8, 4) is 0 Å². The van der Waals surface area contributed by atoms with Crippen LogP contribution in [0.2, 0.25) is 0 Å². The largest absolute Gasteiger partial charge is 0.297 e. The Bertz CT molecular complexity index is 413. The zero-order valence-corrected chi connectivity index (χ0v) is 9.52. The molecule has 3 atom stereocenters. The van der Waals surface area contributed by atoms with Gasteiger partial charge >= 0.3 is 0 Å². The number of alkyl halides is 1. The van der Waals surface area contributed by atoms with Gasteiger partial charge in [0.25, 0.3) is 0 Å². The van der Waals surface area contributed by atoms with Gasteiger partial charge in [0.2, 0.25) is 0 Å². The van der Waals surface area contributed by atoms with Gasteiger partial charge in [-0.3, -0.25) is 4.90 Å². The lowest BCUT2D eigenvalue weighted by molar-refractivity contribution is 0.163. The summed E-state index contributed by atoms with van der Waals surface area (Å²) < 4.78 is 46.9.